The molecule has 0 saturated heterocycles. The first-order valence-electron chi connectivity index (χ1n) is 5.80. The minimum absolute atomic E-state index is 0.544. The summed E-state index contributed by atoms with van der Waals surface area (Å²) < 4.78 is 5.49. The second kappa shape index (κ2) is 3.71. The Kier molecular flexibility index (Phi) is 2.28. The molecule has 0 radical (unpaired) electrons. The molecule has 0 amide bonds. The molecule has 0 aliphatic carbocycles. The van der Waals surface area contributed by atoms with Gasteiger partial charge in [0.15, 0.2) is 0 Å². The lowest BCUT2D eigenvalue weighted by molar-refractivity contribution is 0.0697. The van der Waals surface area contributed by atoms with Crippen molar-refractivity contribution in [3.8, 4) is 11.3 Å². The van der Waals surface area contributed by atoms with Crippen LogP contribution in [0.4, 0.5) is 0 Å². The molecule has 3 rings (SSSR count). The number of H-pyrrole nitrogens is 1. The van der Waals surface area contributed by atoms with Crippen molar-refractivity contribution in [2.24, 2.45) is 0 Å². The van der Waals surface area contributed by atoms with Crippen LogP contribution in [-0.4, -0.2) is 15.1 Å². The van der Waals surface area contributed by atoms with Gasteiger partial charge in [-0.25, -0.2) is 4.98 Å². The van der Waals surface area contributed by atoms with E-state index in [0.717, 1.165) is 22.2 Å². The van der Waals surface area contributed by atoms with Gasteiger partial charge in [0.05, 0.1) is 11.9 Å². The van der Waals surface area contributed by atoms with Crippen molar-refractivity contribution in [1.29, 1.82) is 0 Å². The molecule has 2 N–H and O–H groups in total. The van der Waals surface area contributed by atoms with Crippen LogP contribution in [0.3, 0.4) is 0 Å². The van der Waals surface area contributed by atoms with Gasteiger partial charge in [-0.05, 0) is 19.9 Å². The van der Waals surface area contributed by atoms with Crippen LogP contribution in [0.5, 0.6) is 0 Å². The summed E-state index contributed by atoms with van der Waals surface area (Å²) >= 11 is 0. The summed E-state index contributed by atoms with van der Waals surface area (Å²) in [7, 11) is 0. The standard InChI is InChI=1S/C14H14N2O2/c1-14(2,17)13-15-7-11(16-13)10-8-18-12-6-4-3-5-9(10)12/h3-8,17H,1-2H3,(H,15,16). The van der Waals surface area contributed by atoms with Gasteiger partial charge in [0.25, 0.3) is 0 Å². The molecule has 0 unspecified atom stereocenters. The average molecular weight is 242 g/mol. The molecule has 1 aromatic carbocycles. The maximum atomic E-state index is 9.90. The van der Waals surface area contributed by atoms with Crippen LogP contribution in [0.15, 0.2) is 41.1 Å². The Bertz CT molecular complexity index is 689. The van der Waals surface area contributed by atoms with Crippen LogP contribution in [0, 0.1) is 0 Å². The van der Waals surface area contributed by atoms with Crippen LogP contribution >= 0.6 is 0 Å². The zero-order chi connectivity index (χ0) is 12.8. The molecule has 0 saturated carbocycles. The fourth-order valence-electron chi connectivity index (χ4n) is 1.96. The lowest BCUT2D eigenvalue weighted by atomic mass is 10.1. The van der Waals surface area contributed by atoms with E-state index in [1.165, 1.54) is 0 Å². The molecule has 0 spiro atoms. The van der Waals surface area contributed by atoms with Crippen LogP contribution in [-0.2, 0) is 5.60 Å². The third-order valence-electron chi connectivity index (χ3n) is 2.93. The quantitative estimate of drug-likeness (QED) is 0.726. The lowest BCUT2D eigenvalue weighted by Gasteiger charge is -2.12. The Hall–Kier alpha value is -2.07. The van der Waals surface area contributed by atoms with E-state index in [0.29, 0.717) is 5.82 Å². The summed E-state index contributed by atoms with van der Waals surface area (Å²) in [5.74, 6) is 0.544. The Morgan fingerprint density at radius 1 is 1.28 bits per heavy atom. The van der Waals surface area contributed by atoms with E-state index in [2.05, 4.69) is 9.97 Å². The molecule has 2 aromatic heterocycles. The molecule has 0 aliphatic rings. The summed E-state index contributed by atoms with van der Waals surface area (Å²) in [5.41, 5.74) is 1.66. The maximum absolute atomic E-state index is 9.90. The molecule has 2 heterocycles. The van der Waals surface area contributed by atoms with Crippen LogP contribution < -0.4 is 0 Å². The van der Waals surface area contributed by atoms with E-state index in [1.54, 1.807) is 26.3 Å². The lowest BCUT2D eigenvalue weighted by Crippen LogP contribution is -2.17. The van der Waals surface area contributed by atoms with Gasteiger partial charge in [0, 0.05) is 10.9 Å². The second-order valence-electron chi connectivity index (χ2n) is 4.85. The van der Waals surface area contributed by atoms with Crippen LogP contribution in [0.2, 0.25) is 0 Å². The molecule has 92 valence electrons. The smallest absolute Gasteiger partial charge is 0.138 e. The van der Waals surface area contributed by atoms with Gasteiger partial charge in [0.1, 0.15) is 23.3 Å². The minimum Gasteiger partial charge on any atom is -0.464 e. The number of aromatic amines is 1. The highest BCUT2D eigenvalue weighted by Crippen LogP contribution is 2.30. The third-order valence-corrected chi connectivity index (χ3v) is 2.93. The number of imidazole rings is 1. The molecule has 3 aromatic rings. The van der Waals surface area contributed by atoms with Crippen molar-refractivity contribution in [3.05, 3.63) is 42.5 Å². The summed E-state index contributed by atoms with van der Waals surface area (Å²) in [6.45, 7) is 3.40. The molecule has 4 heteroatoms. The number of nitrogens with zero attached hydrogens (tertiary/aromatic N) is 1. The van der Waals surface area contributed by atoms with E-state index >= 15 is 0 Å². The van der Waals surface area contributed by atoms with E-state index in [4.69, 9.17) is 4.42 Å². The molecule has 0 bridgehead atoms. The average Bonchev–Trinajstić information content (AvgIpc) is 2.94. The highest BCUT2D eigenvalue weighted by Gasteiger charge is 2.20. The normalized spacial score (nSPS) is 12.2. The minimum atomic E-state index is -0.974. The first kappa shape index (κ1) is 11.0. The van der Waals surface area contributed by atoms with Crippen molar-refractivity contribution in [2.75, 3.05) is 0 Å². The second-order valence-corrected chi connectivity index (χ2v) is 4.85. The highest BCUT2D eigenvalue weighted by atomic mass is 16.3. The van der Waals surface area contributed by atoms with Gasteiger partial charge in [-0.15, -0.1) is 0 Å². The number of rotatable bonds is 2. The van der Waals surface area contributed by atoms with E-state index in [-0.39, 0.29) is 0 Å². The van der Waals surface area contributed by atoms with Crippen LogP contribution in [0.25, 0.3) is 22.2 Å². The van der Waals surface area contributed by atoms with Gasteiger partial charge in [-0.3, -0.25) is 0 Å². The van der Waals surface area contributed by atoms with Crippen molar-refractivity contribution < 1.29 is 9.52 Å². The zero-order valence-electron chi connectivity index (χ0n) is 10.3. The molecular formula is C14H14N2O2. The van der Waals surface area contributed by atoms with Crippen molar-refractivity contribution >= 4 is 11.0 Å². The number of aromatic nitrogens is 2. The van der Waals surface area contributed by atoms with Gasteiger partial charge in [0.2, 0.25) is 0 Å². The monoisotopic (exact) mass is 242 g/mol. The number of aliphatic hydroxyl groups is 1. The molecule has 0 atom stereocenters. The number of hydrogen-bond acceptors (Lipinski definition) is 3. The fraction of sp³-hybridized carbons (Fsp3) is 0.214. The summed E-state index contributed by atoms with van der Waals surface area (Å²) in [6, 6.07) is 7.82. The van der Waals surface area contributed by atoms with Crippen molar-refractivity contribution in [2.45, 2.75) is 19.4 Å². The summed E-state index contributed by atoms with van der Waals surface area (Å²) in [6.07, 6.45) is 3.41. The first-order valence-corrected chi connectivity index (χ1v) is 5.80. The van der Waals surface area contributed by atoms with Gasteiger partial charge >= 0.3 is 0 Å². The predicted octanol–water partition coefficient (Wildman–Crippen LogP) is 3.05. The third kappa shape index (κ3) is 1.71. The van der Waals surface area contributed by atoms with E-state index in [1.807, 2.05) is 24.3 Å². The molecule has 0 fully saturated rings. The highest BCUT2D eigenvalue weighted by molar-refractivity contribution is 5.92. The number of nitrogens with one attached hydrogen (secondary N) is 1. The Morgan fingerprint density at radius 3 is 2.78 bits per heavy atom. The number of furan rings is 1. The largest absolute Gasteiger partial charge is 0.464 e. The summed E-state index contributed by atoms with van der Waals surface area (Å²) in [5, 5.41) is 10.9. The SMILES string of the molecule is CC(C)(O)c1ncc(-c2coc3ccccc23)[nH]1. The Morgan fingerprint density at radius 2 is 2.06 bits per heavy atom. The summed E-state index contributed by atoms with van der Waals surface area (Å²) in [4.78, 5) is 7.33. The van der Waals surface area contributed by atoms with Gasteiger partial charge in [-0.1, -0.05) is 18.2 Å². The van der Waals surface area contributed by atoms with Gasteiger partial charge in [-0.2, -0.15) is 0 Å². The first-order chi connectivity index (χ1) is 8.55. The van der Waals surface area contributed by atoms with Crippen LogP contribution in [0.1, 0.15) is 19.7 Å². The predicted molar refractivity (Wildman–Crippen MR) is 69.0 cm³/mol. The molecule has 18 heavy (non-hydrogen) atoms. The maximum Gasteiger partial charge on any atom is 0.138 e. The molecule has 4 nitrogen and oxygen atoms in total. The number of benzene rings is 1. The number of hydrogen-bond donors (Lipinski definition) is 2. The van der Waals surface area contributed by atoms with Crippen molar-refractivity contribution in [1.82, 2.24) is 9.97 Å². The topological polar surface area (TPSA) is 62.1 Å². The molecule has 0 aliphatic heterocycles. The van der Waals surface area contributed by atoms with Gasteiger partial charge < -0.3 is 14.5 Å². The number of fused-ring (bicyclic) bond motifs is 1. The van der Waals surface area contributed by atoms with E-state index in [9.17, 15) is 5.11 Å². The molecular weight excluding hydrogens is 228 g/mol. The Balaban J connectivity index is 2.13. The van der Waals surface area contributed by atoms with E-state index < -0.39 is 5.60 Å². The number of para-hydroxylation sites is 1. The Labute approximate surface area is 104 Å². The van der Waals surface area contributed by atoms with Crippen molar-refractivity contribution in [3.63, 3.8) is 0 Å². The zero-order valence-corrected chi connectivity index (χ0v) is 10.3. The fourth-order valence-corrected chi connectivity index (χ4v) is 1.96.